The Morgan fingerprint density at radius 2 is 1.39 bits per heavy atom. The van der Waals surface area contributed by atoms with Gasteiger partial charge < -0.3 is 5.32 Å². The summed E-state index contributed by atoms with van der Waals surface area (Å²) in [5.74, 6) is -0.133. The molecule has 0 fully saturated rings. The van der Waals surface area contributed by atoms with E-state index < -0.39 is 23.7 Å². The van der Waals surface area contributed by atoms with Crippen LogP contribution in [0.15, 0.2) is 48.5 Å². The van der Waals surface area contributed by atoms with E-state index in [2.05, 4.69) is 38.2 Å². The first-order chi connectivity index (χ1) is 15.4. The third kappa shape index (κ3) is 7.63. The average Bonchev–Trinajstić information content (AvgIpc) is 2.76. The minimum Gasteiger partial charge on any atom is -0.341 e. The predicted molar refractivity (Wildman–Crippen MR) is 128 cm³/mol. The van der Waals surface area contributed by atoms with Crippen LogP contribution in [0, 0.1) is 5.92 Å². The van der Waals surface area contributed by atoms with Crippen LogP contribution in [0.3, 0.4) is 0 Å². The fourth-order valence-electron chi connectivity index (χ4n) is 3.51. The Balaban J connectivity index is 2.10. The molecule has 0 aromatic heterocycles. The lowest BCUT2D eigenvalue weighted by Crippen LogP contribution is -2.44. The van der Waals surface area contributed by atoms with Gasteiger partial charge in [0, 0.05) is 11.3 Å². The van der Waals surface area contributed by atoms with Gasteiger partial charge in [-0.05, 0) is 46.7 Å². The number of rotatable bonds is 8. The van der Waals surface area contributed by atoms with Gasteiger partial charge in [0.1, 0.15) is 6.04 Å². The molecule has 0 bridgehead atoms. The summed E-state index contributed by atoms with van der Waals surface area (Å²) in [7, 11) is 0. The fourth-order valence-corrected chi connectivity index (χ4v) is 4.44. The molecule has 0 aliphatic carbocycles. The molecule has 180 valence electrons. The summed E-state index contributed by atoms with van der Waals surface area (Å²) in [4.78, 5) is 25.8. The van der Waals surface area contributed by atoms with Gasteiger partial charge >= 0.3 is 6.18 Å². The van der Waals surface area contributed by atoms with Gasteiger partial charge in [0.25, 0.3) is 5.91 Å². The zero-order valence-corrected chi connectivity index (χ0v) is 20.6. The molecule has 1 N–H and O–H groups in total. The topological polar surface area (TPSA) is 46.2 Å². The zero-order chi connectivity index (χ0) is 24.8. The fraction of sp³-hybridized carbons (Fsp3) is 0.462. The highest BCUT2D eigenvalue weighted by Crippen LogP contribution is 2.29. The Bertz CT molecular complexity index is 928. The lowest BCUT2D eigenvalue weighted by Gasteiger charge is -2.25. The van der Waals surface area contributed by atoms with Crippen molar-refractivity contribution in [2.75, 3.05) is 0 Å². The van der Waals surface area contributed by atoms with Crippen molar-refractivity contribution in [2.24, 2.45) is 5.92 Å². The number of amides is 1. The Hall–Kier alpha value is -2.28. The van der Waals surface area contributed by atoms with Crippen LogP contribution in [0.1, 0.15) is 74.5 Å². The molecule has 1 amide bonds. The van der Waals surface area contributed by atoms with Gasteiger partial charge in [0.2, 0.25) is 5.12 Å². The number of hydrogen-bond acceptors (Lipinski definition) is 3. The Labute approximate surface area is 198 Å². The maximum Gasteiger partial charge on any atom is 0.416 e. The van der Waals surface area contributed by atoms with Crippen LogP contribution >= 0.6 is 11.8 Å². The van der Waals surface area contributed by atoms with Gasteiger partial charge in [-0.3, -0.25) is 9.59 Å². The van der Waals surface area contributed by atoms with Gasteiger partial charge in [-0.15, -0.1) is 0 Å². The quantitative estimate of drug-likeness (QED) is 0.443. The van der Waals surface area contributed by atoms with Crippen molar-refractivity contribution in [1.29, 1.82) is 0 Å². The summed E-state index contributed by atoms with van der Waals surface area (Å²) in [6, 6.07) is 11.4. The molecule has 3 nitrogen and oxygen atoms in total. The lowest BCUT2D eigenvalue weighted by molar-refractivity contribution is -0.137. The van der Waals surface area contributed by atoms with Crippen molar-refractivity contribution < 1.29 is 22.8 Å². The molecule has 1 atom stereocenters. The number of hydrogen-bond donors (Lipinski definition) is 1. The van der Waals surface area contributed by atoms with Crippen molar-refractivity contribution >= 4 is 22.8 Å². The number of benzene rings is 2. The van der Waals surface area contributed by atoms with Gasteiger partial charge in [-0.25, -0.2) is 0 Å². The van der Waals surface area contributed by atoms with Crippen molar-refractivity contribution in [2.45, 2.75) is 70.8 Å². The molecule has 0 unspecified atom stereocenters. The van der Waals surface area contributed by atoms with E-state index in [1.807, 2.05) is 26.0 Å². The smallest absolute Gasteiger partial charge is 0.341 e. The highest BCUT2D eigenvalue weighted by atomic mass is 32.2. The lowest BCUT2D eigenvalue weighted by atomic mass is 9.87. The first-order valence-electron chi connectivity index (χ1n) is 11.1. The molecule has 33 heavy (non-hydrogen) atoms. The van der Waals surface area contributed by atoms with Gasteiger partial charge in [-0.1, -0.05) is 83.5 Å². The zero-order valence-electron chi connectivity index (χ0n) is 19.8. The number of nitrogens with one attached hydrogen (secondary N) is 1. The number of carbonyl (C=O) groups excluding carboxylic acids is 2. The summed E-state index contributed by atoms with van der Waals surface area (Å²) in [6.45, 7) is 10.3. The van der Waals surface area contributed by atoms with Crippen molar-refractivity contribution in [3.05, 3.63) is 70.8 Å². The summed E-state index contributed by atoms with van der Waals surface area (Å²) in [6.07, 6.45) is -3.08. The van der Waals surface area contributed by atoms with Crippen LogP contribution in [0.2, 0.25) is 0 Å². The second-order valence-corrected chi connectivity index (χ2v) is 10.1. The van der Waals surface area contributed by atoms with Crippen LogP contribution < -0.4 is 5.32 Å². The second-order valence-electron chi connectivity index (χ2n) is 9.16. The molecule has 2 aromatic carbocycles. The van der Waals surface area contributed by atoms with Crippen molar-refractivity contribution in [3.8, 4) is 0 Å². The second kappa shape index (κ2) is 11.2. The van der Waals surface area contributed by atoms with Crippen LogP contribution in [0.25, 0.3) is 0 Å². The molecule has 0 saturated carbocycles. The predicted octanol–water partition coefficient (Wildman–Crippen LogP) is 7.00. The monoisotopic (exact) mass is 479 g/mol. The highest BCUT2D eigenvalue weighted by molar-refractivity contribution is 8.13. The standard InChI is InChI=1S/C26H32F3NO2S/c1-6-18(7-2)22(30-23(31)19-10-14-21(15-11-19)26(27,28)29)24(32)33-16-17-8-12-20(13-9-17)25(3,4)5/h8-15,18,22H,6-7,16H2,1-5H3,(H,30,31)/t22-/m1/s1. The maximum absolute atomic E-state index is 13.1. The minimum atomic E-state index is -4.47. The van der Waals surface area contributed by atoms with E-state index in [1.165, 1.54) is 5.56 Å². The number of thioether (sulfide) groups is 1. The molecule has 0 spiro atoms. The highest BCUT2D eigenvalue weighted by Gasteiger charge is 2.31. The summed E-state index contributed by atoms with van der Waals surface area (Å²) in [5.41, 5.74) is 1.54. The molecule has 0 aliphatic rings. The largest absolute Gasteiger partial charge is 0.416 e. The van der Waals surface area contributed by atoms with Gasteiger partial charge in [0.15, 0.2) is 0 Å². The van der Waals surface area contributed by atoms with Crippen molar-refractivity contribution in [1.82, 2.24) is 5.32 Å². The summed E-state index contributed by atoms with van der Waals surface area (Å²) < 4.78 is 38.4. The Morgan fingerprint density at radius 1 is 0.879 bits per heavy atom. The van der Waals surface area contributed by atoms with Gasteiger partial charge in [0.05, 0.1) is 5.56 Å². The van der Waals surface area contributed by atoms with E-state index in [0.717, 1.165) is 41.6 Å². The van der Waals surface area contributed by atoms with E-state index in [4.69, 9.17) is 0 Å². The minimum absolute atomic E-state index is 0.0463. The Kier molecular flexibility index (Phi) is 9.18. The molecule has 0 radical (unpaired) electrons. The molecule has 2 rings (SSSR count). The normalized spacial score (nSPS) is 13.1. The maximum atomic E-state index is 13.1. The number of halogens is 3. The van der Waals surface area contributed by atoms with E-state index in [1.54, 1.807) is 0 Å². The molecule has 0 saturated heterocycles. The van der Waals surface area contributed by atoms with Crippen molar-refractivity contribution in [3.63, 3.8) is 0 Å². The van der Waals surface area contributed by atoms with Gasteiger partial charge in [-0.2, -0.15) is 13.2 Å². The molecule has 2 aromatic rings. The summed E-state index contributed by atoms with van der Waals surface area (Å²) in [5, 5.41) is 2.62. The SMILES string of the molecule is CCC(CC)[C@@H](NC(=O)c1ccc(C(F)(F)F)cc1)C(=O)SCc1ccc(C(C)(C)C)cc1. The molecule has 7 heteroatoms. The number of alkyl halides is 3. The van der Waals surface area contributed by atoms with E-state index in [0.29, 0.717) is 18.6 Å². The summed E-state index contributed by atoms with van der Waals surface area (Å²) >= 11 is 1.15. The average molecular weight is 480 g/mol. The van der Waals surface area contributed by atoms with E-state index in [9.17, 15) is 22.8 Å². The van der Waals surface area contributed by atoms with E-state index >= 15 is 0 Å². The third-order valence-electron chi connectivity index (χ3n) is 5.74. The molecule has 0 aliphatic heterocycles. The molecule has 0 heterocycles. The van der Waals surface area contributed by atoms with Crippen LogP contribution in [0.4, 0.5) is 13.2 Å². The Morgan fingerprint density at radius 3 is 1.85 bits per heavy atom. The third-order valence-corrected chi connectivity index (χ3v) is 6.75. The first-order valence-corrected chi connectivity index (χ1v) is 12.1. The van der Waals surface area contributed by atoms with Crippen LogP contribution in [-0.2, 0) is 22.1 Å². The van der Waals surface area contributed by atoms with Crippen LogP contribution in [-0.4, -0.2) is 17.1 Å². The van der Waals surface area contributed by atoms with Crippen LogP contribution in [0.5, 0.6) is 0 Å². The molecular weight excluding hydrogens is 447 g/mol. The first kappa shape index (κ1) is 27.0. The van der Waals surface area contributed by atoms with E-state index in [-0.39, 0.29) is 22.0 Å². The molecular formula is C26H32F3NO2S. The number of carbonyl (C=O) groups is 2.